The van der Waals surface area contributed by atoms with Crippen LogP contribution in [0.1, 0.15) is 56.4 Å². The van der Waals surface area contributed by atoms with Gasteiger partial charge in [0.05, 0.1) is 17.3 Å². The average molecular weight is 521 g/mol. The first kappa shape index (κ1) is 27.6. The molecule has 0 spiro atoms. The highest BCUT2D eigenvalue weighted by atomic mass is 32.2. The van der Waals surface area contributed by atoms with Crippen molar-refractivity contribution < 1.29 is 37.9 Å². The van der Waals surface area contributed by atoms with E-state index in [1.54, 1.807) is 47.9 Å². The number of rotatable bonds is 13. The van der Waals surface area contributed by atoms with E-state index in [-0.39, 0.29) is 42.8 Å². The molecule has 0 aliphatic heterocycles. The average Bonchev–Trinajstić information content (AvgIpc) is 3.42. The number of carbonyl (C=O) groups is 2. The molecule has 1 saturated carbocycles. The van der Waals surface area contributed by atoms with E-state index in [0.29, 0.717) is 5.56 Å². The van der Waals surface area contributed by atoms with Crippen molar-refractivity contribution in [2.75, 3.05) is 6.79 Å². The summed E-state index contributed by atoms with van der Waals surface area (Å²) in [5, 5.41) is 17.0. The number of carbonyl (C=O) groups excluding carboxylic acids is 2. The van der Waals surface area contributed by atoms with Crippen molar-refractivity contribution in [1.29, 1.82) is 0 Å². The van der Waals surface area contributed by atoms with Gasteiger partial charge in [-0.15, -0.1) is 0 Å². The summed E-state index contributed by atoms with van der Waals surface area (Å²) in [5.74, 6) is -2.43. The third kappa shape index (κ3) is 7.26. The van der Waals surface area contributed by atoms with E-state index >= 15 is 0 Å². The molecule has 36 heavy (non-hydrogen) atoms. The fourth-order valence-corrected chi connectivity index (χ4v) is 6.31. The van der Waals surface area contributed by atoms with Gasteiger partial charge >= 0.3 is 0 Å². The van der Waals surface area contributed by atoms with Crippen LogP contribution in [0.3, 0.4) is 0 Å². The molecule has 2 unspecified atom stereocenters. The van der Waals surface area contributed by atoms with Crippen LogP contribution >= 0.6 is 0 Å². The Morgan fingerprint density at radius 2 is 1.64 bits per heavy atom. The van der Waals surface area contributed by atoms with Gasteiger partial charge < -0.3 is 9.47 Å². The summed E-state index contributed by atoms with van der Waals surface area (Å²) in [6, 6.07) is 14.6. The zero-order valence-corrected chi connectivity index (χ0v) is 20.7. The Kier molecular flexibility index (Phi) is 10.2. The highest BCUT2D eigenvalue weighted by Gasteiger charge is 2.35. The van der Waals surface area contributed by atoms with Gasteiger partial charge in [-0.2, -0.15) is 0 Å². The van der Waals surface area contributed by atoms with Gasteiger partial charge in [-0.25, -0.2) is 19.4 Å². The van der Waals surface area contributed by atoms with Crippen LogP contribution in [0.2, 0.25) is 0 Å². The van der Waals surface area contributed by atoms with E-state index < -0.39 is 32.8 Å². The van der Waals surface area contributed by atoms with Crippen LogP contribution in [-0.4, -0.2) is 48.8 Å². The van der Waals surface area contributed by atoms with Crippen LogP contribution < -0.4 is 15.7 Å². The molecule has 3 rings (SSSR count). The fourth-order valence-electron chi connectivity index (χ4n) is 4.40. The second-order valence-corrected chi connectivity index (χ2v) is 10.9. The zero-order valence-electron chi connectivity index (χ0n) is 19.8. The summed E-state index contributed by atoms with van der Waals surface area (Å²) in [6.45, 7) is -0.103. The Morgan fingerprint density at radius 3 is 2.31 bits per heavy atom. The number of sulfone groups is 1. The normalized spacial score (nSPS) is 15.7. The number of nitrogens with one attached hydrogen (secondary N) is 2. The topological polar surface area (TPSA) is 151 Å². The lowest BCUT2D eigenvalue weighted by atomic mass is 9.92. The zero-order chi connectivity index (χ0) is 26.0. The summed E-state index contributed by atoms with van der Waals surface area (Å²) >= 11 is 0. The van der Waals surface area contributed by atoms with E-state index in [0.717, 1.165) is 25.7 Å². The first-order valence-electron chi connectivity index (χ1n) is 11.9. The van der Waals surface area contributed by atoms with Crippen LogP contribution in [0.15, 0.2) is 59.5 Å². The second-order valence-electron chi connectivity index (χ2n) is 8.70. The quantitative estimate of drug-likeness (QED) is 0.179. The molecule has 2 aromatic carbocycles. The predicted octanol–water partition coefficient (Wildman–Crippen LogP) is 3.09. The van der Waals surface area contributed by atoms with Crippen LogP contribution in [0.4, 0.5) is 0 Å². The number of benzene rings is 2. The van der Waals surface area contributed by atoms with Crippen molar-refractivity contribution in [3.63, 3.8) is 0 Å². The molecule has 11 heteroatoms. The highest BCUT2D eigenvalue weighted by molar-refractivity contribution is 7.92. The molecular weight excluding hydrogens is 488 g/mol. The first-order chi connectivity index (χ1) is 17.4. The van der Waals surface area contributed by atoms with Crippen molar-refractivity contribution in [3.8, 4) is 5.75 Å². The highest BCUT2D eigenvalue weighted by Crippen LogP contribution is 2.34. The molecule has 1 fully saturated rings. The summed E-state index contributed by atoms with van der Waals surface area (Å²) < 4.78 is 39.1. The molecular formula is C25H32N2O8S. The van der Waals surface area contributed by atoms with Gasteiger partial charge in [0.2, 0.25) is 5.91 Å². The Hall–Kier alpha value is -2.99. The molecule has 0 saturated heterocycles. The maximum absolute atomic E-state index is 13.8. The van der Waals surface area contributed by atoms with Crippen LogP contribution in [0.5, 0.6) is 5.75 Å². The number of hydrogen-bond donors (Lipinski definition) is 4. The van der Waals surface area contributed by atoms with Crippen molar-refractivity contribution in [2.24, 2.45) is 0 Å². The summed E-state index contributed by atoms with van der Waals surface area (Å²) in [5.41, 5.74) is 3.62. The molecule has 4 N–H and O–H groups in total. The SMILES string of the molecule is O=C(CCC(CC(C(=O)NO)c1ccccc1)S(=O)(=O)c1ccccc1OCOC1CCCC1)NO. The molecule has 1 aliphatic carbocycles. The van der Waals surface area contributed by atoms with Gasteiger partial charge in [0, 0.05) is 6.42 Å². The van der Waals surface area contributed by atoms with Crippen molar-refractivity contribution in [2.45, 2.75) is 67.1 Å². The number of ether oxygens (including phenoxy) is 2. The maximum atomic E-state index is 13.8. The first-order valence-corrected chi connectivity index (χ1v) is 13.4. The van der Waals surface area contributed by atoms with Gasteiger partial charge in [-0.1, -0.05) is 55.3 Å². The molecule has 196 valence electrons. The molecule has 2 aromatic rings. The largest absolute Gasteiger partial charge is 0.466 e. The third-order valence-corrected chi connectivity index (χ3v) is 8.62. The lowest BCUT2D eigenvalue weighted by molar-refractivity contribution is -0.130. The van der Waals surface area contributed by atoms with Gasteiger partial charge in [-0.05, 0) is 43.4 Å². The lowest BCUT2D eigenvalue weighted by Crippen LogP contribution is -2.33. The molecule has 0 radical (unpaired) electrons. The van der Waals surface area contributed by atoms with E-state index in [4.69, 9.17) is 14.7 Å². The molecule has 10 nitrogen and oxygen atoms in total. The van der Waals surface area contributed by atoms with Gasteiger partial charge in [0.15, 0.2) is 16.6 Å². The minimum atomic E-state index is -4.13. The van der Waals surface area contributed by atoms with Gasteiger partial charge in [0.25, 0.3) is 5.91 Å². The van der Waals surface area contributed by atoms with Gasteiger partial charge in [0.1, 0.15) is 10.6 Å². The molecule has 1 aliphatic rings. The summed E-state index contributed by atoms with van der Waals surface area (Å²) in [6.07, 6.45) is 3.44. The minimum absolute atomic E-state index is 0.0853. The van der Waals surface area contributed by atoms with Gasteiger partial charge in [-0.3, -0.25) is 20.0 Å². The minimum Gasteiger partial charge on any atom is -0.466 e. The van der Waals surface area contributed by atoms with E-state index in [1.807, 2.05) is 0 Å². The fraction of sp³-hybridized carbons (Fsp3) is 0.440. The Balaban J connectivity index is 1.89. The van der Waals surface area contributed by atoms with Crippen molar-refractivity contribution in [3.05, 3.63) is 60.2 Å². The molecule has 2 atom stereocenters. The number of amides is 2. The number of hydrogen-bond acceptors (Lipinski definition) is 8. The van der Waals surface area contributed by atoms with E-state index in [1.165, 1.54) is 17.6 Å². The summed E-state index contributed by atoms with van der Waals surface area (Å²) in [7, 11) is -4.13. The predicted molar refractivity (Wildman–Crippen MR) is 129 cm³/mol. The van der Waals surface area contributed by atoms with Crippen LogP contribution in [-0.2, 0) is 24.2 Å². The van der Waals surface area contributed by atoms with Crippen LogP contribution in [0.25, 0.3) is 0 Å². The molecule has 0 aromatic heterocycles. The number of hydroxylamine groups is 2. The van der Waals surface area contributed by atoms with E-state index in [2.05, 4.69) is 0 Å². The summed E-state index contributed by atoms with van der Waals surface area (Å²) in [4.78, 5) is 24.2. The second kappa shape index (κ2) is 13.4. The smallest absolute Gasteiger partial charge is 0.250 e. The van der Waals surface area contributed by atoms with Crippen LogP contribution in [0, 0.1) is 0 Å². The maximum Gasteiger partial charge on any atom is 0.250 e. The lowest BCUT2D eigenvalue weighted by Gasteiger charge is -2.24. The Bertz CT molecular complexity index is 1100. The third-order valence-electron chi connectivity index (χ3n) is 6.36. The Morgan fingerprint density at radius 1 is 0.972 bits per heavy atom. The molecule has 2 amide bonds. The monoisotopic (exact) mass is 520 g/mol. The van der Waals surface area contributed by atoms with Crippen molar-refractivity contribution in [1.82, 2.24) is 11.0 Å². The van der Waals surface area contributed by atoms with E-state index in [9.17, 15) is 23.2 Å². The standard InChI is InChI=1S/C25H32N2O8S/c28-24(26-30)15-14-20(16-21(25(29)27-31)18-8-2-1-3-9-18)36(32,33)23-13-7-6-12-22(23)35-17-34-19-10-4-5-11-19/h1-3,6-9,12-13,19-21,30-31H,4-5,10-11,14-17H2,(H,26,28)(H,27,29). The van der Waals surface area contributed by atoms with Crippen molar-refractivity contribution >= 4 is 21.7 Å². The number of para-hydroxylation sites is 1. The Labute approximate surface area is 210 Å². The molecule has 0 bridgehead atoms. The molecule has 0 heterocycles.